The minimum Gasteiger partial charge on any atom is -0.128 e. The molecule has 0 bridgehead atoms. The van der Waals surface area contributed by atoms with Gasteiger partial charge in [-0.1, -0.05) is 0 Å². The molecule has 0 unspecified atom stereocenters. The van der Waals surface area contributed by atoms with Crippen LogP contribution in [0, 0.1) is 0 Å². The van der Waals surface area contributed by atoms with Crippen molar-refractivity contribution in [2.45, 2.75) is 0 Å². The molecule has 0 saturated heterocycles. The van der Waals surface area contributed by atoms with Gasteiger partial charge in [-0.25, -0.2) is 0 Å². The molecule has 62 valence electrons. The molecule has 0 heterocycles. The molecule has 0 aromatic carbocycles. The molecule has 8 heteroatoms. The maximum Gasteiger partial charge on any atom is -0.00000000000306 e. The lowest BCUT2D eigenvalue weighted by atomic mass is 11.9. The molecule has 0 atom stereocenters. The summed E-state index contributed by atoms with van der Waals surface area (Å²) in [6.07, 6.45) is 4.44. The molecule has 10 heavy (non-hydrogen) atoms. The summed E-state index contributed by atoms with van der Waals surface area (Å²) in [5, 5.41) is 0. The van der Waals surface area contributed by atoms with E-state index in [0.29, 0.717) is 9.45 Å². The van der Waals surface area contributed by atoms with E-state index in [1.165, 1.54) is 8.88 Å². The monoisotopic (exact) mass is 286 g/mol. The zero-order valence-electron chi connectivity index (χ0n) is 5.27. The highest BCUT2D eigenvalue weighted by Gasteiger charge is 1.57. The van der Waals surface area contributed by atoms with Crippen LogP contribution in [0.15, 0.2) is 0 Å². The Kier molecular flexibility index (Phi) is 10.7. The van der Waals surface area contributed by atoms with Gasteiger partial charge >= 0.3 is 0 Å². The van der Waals surface area contributed by atoms with Crippen LogP contribution < -0.4 is 0 Å². The van der Waals surface area contributed by atoms with Crippen molar-refractivity contribution in [3.05, 3.63) is 0 Å². The fourth-order valence-corrected chi connectivity index (χ4v) is 15.5. The number of hydrogen-bond donors (Lipinski definition) is 0. The van der Waals surface area contributed by atoms with Gasteiger partial charge in [-0.15, -0.1) is 9.45 Å². The highest BCUT2D eigenvalue weighted by Crippen LogP contribution is 1.57. The van der Waals surface area contributed by atoms with Crippen LogP contribution >= 0.6 is 0 Å². The van der Waals surface area contributed by atoms with Gasteiger partial charge in [-0.3, -0.25) is 0 Å². The molecule has 0 amide bonds. The summed E-state index contributed by atoms with van der Waals surface area (Å²) >= 11 is 4.68. The van der Waals surface area contributed by atoms with Crippen LogP contribution in [0.2, 0.25) is 0 Å². The first kappa shape index (κ1) is 11.9. The second-order valence-corrected chi connectivity index (χ2v) is 15.2. The Labute approximate surface area is 85.3 Å². The Balaban J connectivity index is 5.09. The van der Waals surface area contributed by atoms with Crippen LogP contribution in [0.1, 0.15) is 0 Å². The molecule has 0 nitrogen and oxygen atoms in total. The Morgan fingerprint density at radius 1 is 1.00 bits per heavy atom. The molecule has 0 aliphatic heterocycles. The Morgan fingerprint density at radius 2 is 1.60 bits per heavy atom. The van der Waals surface area contributed by atoms with Crippen molar-refractivity contribution in [2.75, 3.05) is 12.5 Å². The molecule has 0 aliphatic rings. The summed E-state index contributed by atoms with van der Waals surface area (Å²) in [6, 6.07) is 0. The van der Waals surface area contributed by atoms with E-state index in [9.17, 15) is 0 Å². The van der Waals surface area contributed by atoms with Gasteiger partial charge in [0.05, 0.1) is 0 Å². The molecular weight excluding hydrogens is 281 g/mol. The van der Waals surface area contributed by atoms with E-state index in [1.807, 2.05) is 17.8 Å². The van der Waals surface area contributed by atoms with Crippen molar-refractivity contribution in [1.82, 2.24) is 0 Å². The topological polar surface area (TPSA) is 0 Å². The predicted molar refractivity (Wildman–Crippen MR) is 70.8 cm³/mol. The fourth-order valence-electron chi connectivity index (χ4n) is 0.101. The molecule has 0 radical (unpaired) electrons. The van der Waals surface area contributed by atoms with Crippen LogP contribution in [-0.4, -0.2) is 12.5 Å². The standard InChI is InChI=1S/C2H6S8/c1-10(2)9-8-7-6-5-4-3/h1-2H3. The molecule has 0 fully saturated rings. The van der Waals surface area contributed by atoms with Gasteiger partial charge in [0.2, 0.25) is 0 Å². The van der Waals surface area contributed by atoms with Gasteiger partial charge in [-0.2, -0.15) is 0 Å². The normalized spacial score (nSPS) is 8.30. The molecule has 0 N–H and O–H groups in total. The average Bonchev–Trinajstić information content (AvgIpc) is 1.87. The fraction of sp³-hybridized carbons (Fsp3) is 1.00. The Morgan fingerprint density at radius 3 is 2.10 bits per heavy atom. The maximum atomic E-state index is 4.68. The van der Waals surface area contributed by atoms with E-state index in [-0.39, 0.29) is 0 Å². The number of hydrogen-bond acceptors (Lipinski definition) is 1. The minimum atomic E-state index is 0.482. The highest BCUT2D eigenvalue weighted by molar-refractivity contribution is 8.71. The van der Waals surface area contributed by atoms with Gasteiger partial charge in [0, 0.05) is 0 Å². The van der Waals surface area contributed by atoms with Crippen molar-refractivity contribution in [2.24, 2.45) is 0 Å². The molecule has 0 aromatic heterocycles. The first-order valence-electron chi connectivity index (χ1n) is 1.98. The molecule has 0 aromatic rings. The Bertz CT molecular complexity index is 323. The lowest BCUT2D eigenvalue weighted by Crippen LogP contribution is -1.71. The zero-order valence-corrected chi connectivity index (χ0v) is 11.8. The molecular formula is C2H6S8. The quantitative estimate of drug-likeness (QED) is 0.618. The summed E-state index contributed by atoms with van der Waals surface area (Å²) in [4.78, 5) is 0. The second-order valence-electron chi connectivity index (χ2n) is 1.15. The van der Waals surface area contributed by atoms with Crippen LogP contribution in [0.3, 0.4) is 0 Å². The number of rotatable bonds is 0. The van der Waals surface area contributed by atoms with Crippen molar-refractivity contribution >= 4 is 73.9 Å². The third-order valence-electron chi connectivity index (χ3n) is 0.275. The van der Waals surface area contributed by atoms with Gasteiger partial charge < -0.3 is 0 Å². The highest BCUT2D eigenvalue weighted by atomic mass is 33.4. The molecule has 0 spiro atoms. The summed E-state index contributed by atoms with van der Waals surface area (Å²) in [5.74, 6) is 0. The average molecular weight is 287 g/mol. The van der Waals surface area contributed by atoms with Crippen molar-refractivity contribution in [1.29, 1.82) is 0 Å². The first-order valence-corrected chi connectivity index (χ1v) is 12.9. The molecule has 0 rings (SSSR count). The third-order valence-corrected chi connectivity index (χ3v) is 14.9. The van der Waals surface area contributed by atoms with Gasteiger partial charge in [0.15, 0.2) is 0 Å². The summed E-state index contributed by atoms with van der Waals surface area (Å²) in [5.41, 5.74) is 0. The minimum absolute atomic E-state index is 0.482. The summed E-state index contributed by atoms with van der Waals surface area (Å²) in [6.45, 7) is 0. The summed E-state index contributed by atoms with van der Waals surface area (Å²) in [7, 11) is 10.8. The van der Waals surface area contributed by atoms with Crippen molar-refractivity contribution in [3.63, 3.8) is 0 Å². The summed E-state index contributed by atoms with van der Waals surface area (Å²) < 4.78 is 0. The van der Waals surface area contributed by atoms with Gasteiger partial charge in [-0.05, 0) is 77.0 Å². The predicted octanol–water partition coefficient (Wildman–Crippen LogP) is 0.312. The zero-order chi connectivity index (χ0) is 7.82. The van der Waals surface area contributed by atoms with Crippen LogP contribution in [0.5, 0.6) is 0 Å². The SMILES string of the molecule is CS(C)=S=S=S=S=S=S=S. The first-order chi connectivity index (χ1) is 4.77. The second kappa shape index (κ2) is 8.98. The van der Waals surface area contributed by atoms with E-state index >= 15 is 0 Å². The van der Waals surface area contributed by atoms with E-state index in [2.05, 4.69) is 23.7 Å². The van der Waals surface area contributed by atoms with E-state index in [1.54, 1.807) is 26.6 Å². The molecule has 0 aliphatic carbocycles. The van der Waals surface area contributed by atoms with E-state index < -0.39 is 0 Å². The van der Waals surface area contributed by atoms with Crippen LogP contribution in [-0.2, 0) is 73.9 Å². The van der Waals surface area contributed by atoms with Crippen molar-refractivity contribution in [3.8, 4) is 0 Å². The molecule has 0 saturated carbocycles. The third kappa shape index (κ3) is 9.89. The lowest BCUT2D eigenvalue weighted by molar-refractivity contribution is 2.35. The van der Waals surface area contributed by atoms with Crippen molar-refractivity contribution < 1.29 is 0 Å². The van der Waals surface area contributed by atoms with Gasteiger partial charge in [0.25, 0.3) is 0 Å². The van der Waals surface area contributed by atoms with Crippen LogP contribution in [0.25, 0.3) is 0 Å². The smallest absolute Gasteiger partial charge is 0.00000000000306 e. The lowest BCUT2D eigenvalue weighted by Gasteiger charge is -1.70. The Hall–Kier alpha value is 1.89. The largest absolute Gasteiger partial charge is 0.128 e. The van der Waals surface area contributed by atoms with E-state index in [4.69, 9.17) is 0 Å². The van der Waals surface area contributed by atoms with Crippen LogP contribution in [0.4, 0.5) is 0 Å². The maximum absolute atomic E-state index is 4.68. The van der Waals surface area contributed by atoms with E-state index in [0.717, 1.165) is 0 Å². The van der Waals surface area contributed by atoms with Gasteiger partial charge in [0.1, 0.15) is 0 Å².